The summed E-state index contributed by atoms with van der Waals surface area (Å²) in [6.07, 6.45) is 1.41. The second kappa shape index (κ2) is 14.1. The number of carbonyl (C=O) groups excluding carboxylic acids is 2. The van der Waals surface area contributed by atoms with E-state index in [2.05, 4.69) is 15.6 Å². The third-order valence-electron chi connectivity index (χ3n) is 6.10. The van der Waals surface area contributed by atoms with Crippen molar-refractivity contribution >= 4 is 34.7 Å². The van der Waals surface area contributed by atoms with Gasteiger partial charge in [-0.15, -0.1) is 17.0 Å². The van der Waals surface area contributed by atoms with Crippen LogP contribution in [-0.2, 0) is 16.1 Å². The van der Waals surface area contributed by atoms with Gasteiger partial charge in [-0.05, 0) is 56.6 Å². The second-order valence-corrected chi connectivity index (χ2v) is 9.59. The minimum absolute atomic E-state index is 0. The topological polar surface area (TPSA) is 111 Å². The Kier molecular flexibility index (Phi) is 11.2. The molecule has 2 aromatic carbocycles. The number of rotatable bonds is 9. The maximum Gasteiger partial charge on any atom is 1.00 e. The Hall–Kier alpha value is -2.21. The van der Waals surface area contributed by atoms with Crippen molar-refractivity contribution in [3.8, 4) is 11.5 Å². The Morgan fingerprint density at radius 1 is 1.14 bits per heavy atom. The smallest absolute Gasteiger partial charge is 0.677 e. The van der Waals surface area contributed by atoms with E-state index in [0.29, 0.717) is 30.2 Å². The van der Waals surface area contributed by atoms with Crippen LogP contribution in [0, 0.1) is 0 Å². The number of para-hydroxylation sites is 1. The number of ether oxygens (including phenoxy) is 1. The molecule has 1 aliphatic heterocycles. The number of thiophene rings is 1. The number of aliphatic imine (C=N–C) groups is 1. The Morgan fingerprint density at radius 2 is 1.84 bits per heavy atom. The third kappa shape index (κ3) is 7.89. The largest absolute Gasteiger partial charge is 1.00 e. The number of nitrogens with zero attached hydrogens (tertiary/aromatic N) is 3. The van der Waals surface area contributed by atoms with Crippen molar-refractivity contribution in [2.45, 2.75) is 38.4 Å². The van der Waals surface area contributed by atoms with E-state index in [-0.39, 0.29) is 75.8 Å². The second-order valence-electron chi connectivity index (χ2n) is 8.60. The number of carbonyl (C=O) groups is 2. The summed E-state index contributed by atoms with van der Waals surface area (Å²) in [5.74, 6) is 1.60. The van der Waals surface area contributed by atoms with Crippen molar-refractivity contribution in [2.24, 2.45) is 10.7 Å². The minimum atomic E-state index is -0.494. The van der Waals surface area contributed by atoms with E-state index < -0.39 is 6.04 Å². The van der Waals surface area contributed by atoms with Crippen LogP contribution >= 0.6 is 11.3 Å². The van der Waals surface area contributed by atoms with E-state index >= 15 is 0 Å². The monoisotopic (exact) mass is 543 g/mol. The maximum absolute atomic E-state index is 13.0. The summed E-state index contributed by atoms with van der Waals surface area (Å²) >= 11 is 1.51. The molecule has 0 bridgehead atoms. The van der Waals surface area contributed by atoms with Crippen molar-refractivity contribution in [2.75, 3.05) is 13.6 Å². The molecule has 8 nitrogen and oxygen atoms in total. The molecular formula is C27H30KN5O3S. The Bertz CT molecular complexity index is 1220. The molecule has 0 spiro atoms. The van der Waals surface area contributed by atoms with Crippen LogP contribution in [0.5, 0.6) is 11.5 Å². The normalized spacial score (nSPS) is 17.1. The molecule has 37 heavy (non-hydrogen) atoms. The molecule has 0 radical (unpaired) electrons. The zero-order chi connectivity index (χ0) is 25.5. The Labute approximate surface area is 264 Å². The van der Waals surface area contributed by atoms with E-state index in [1.165, 1.54) is 11.3 Å². The van der Waals surface area contributed by atoms with Crippen LogP contribution in [0.1, 0.15) is 30.2 Å². The number of nitrogens with one attached hydrogen (secondary N) is 1. The fraction of sp³-hybridized carbons (Fsp3) is 0.296. The predicted octanol–water partition coefficient (Wildman–Crippen LogP) is 1.58. The van der Waals surface area contributed by atoms with Crippen molar-refractivity contribution in [1.82, 2.24) is 10.2 Å². The fourth-order valence-electron chi connectivity index (χ4n) is 4.18. The summed E-state index contributed by atoms with van der Waals surface area (Å²) in [6, 6.07) is 18.2. The summed E-state index contributed by atoms with van der Waals surface area (Å²) in [5, 5.41) is 9.33. The molecule has 2 amide bonds. The van der Waals surface area contributed by atoms with Gasteiger partial charge in [-0.3, -0.25) is 14.6 Å². The van der Waals surface area contributed by atoms with Gasteiger partial charge in [0.2, 0.25) is 11.8 Å². The van der Waals surface area contributed by atoms with Crippen molar-refractivity contribution in [3.05, 3.63) is 81.8 Å². The van der Waals surface area contributed by atoms with Crippen LogP contribution in [0.4, 0.5) is 5.69 Å². The summed E-state index contributed by atoms with van der Waals surface area (Å²) < 4.78 is 5.80. The Morgan fingerprint density at radius 3 is 2.54 bits per heavy atom. The van der Waals surface area contributed by atoms with Crippen LogP contribution in [0.15, 0.2) is 71.0 Å². The molecule has 1 aromatic heterocycles. The van der Waals surface area contributed by atoms with Gasteiger partial charge in [0.25, 0.3) is 0 Å². The van der Waals surface area contributed by atoms with Gasteiger partial charge in [0.15, 0.2) is 0 Å². The van der Waals surface area contributed by atoms with Crippen LogP contribution in [0.25, 0.3) is 5.32 Å². The number of amidine groups is 1. The van der Waals surface area contributed by atoms with Gasteiger partial charge in [0.1, 0.15) is 23.4 Å². The number of likely N-dealkylation sites (tertiary alicyclic amines) is 1. The van der Waals surface area contributed by atoms with Gasteiger partial charge < -0.3 is 26.0 Å². The molecule has 4 rings (SSSR count). The van der Waals surface area contributed by atoms with Gasteiger partial charge in [-0.2, -0.15) is 0 Å². The average molecular weight is 544 g/mol. The first-order valence-corrected chi connectivity index (χ1v) is 12.7. The van der Waals surface area contributed by atoms with E-state index in [1.807, 2.05) is 73.0 Å². The minimum Gasteiger partial charge on any atom is -0.677 e. The molecule has 188 valence electrons. The van der Waals surface area contributed by atoms with Gasteiger partial charge in [-0.25, -0.2) is 0 Å². The quantitative estimate of drug-likeness (QED) is 0.243. The van der Waals surface area contributed by atoms with E-state index in [0.717, 1.165) is 22.6 Å². The summed E-state index contributed by atoms with van der Waals surface area (Å²) in [6.45, 7) is 2.34. The molecule has 2 heterocycles. The molecule has 3 aromatic rings. The molecule has 1 fully saturated rings. The molecule has 0 aliphatic carbocycles. The van der Waals surface area contributed by atoms with E-state index in [1.54, 1.807) is 11.9 Å². The fourth-order valence-corrected chi connectivity index (χ4v) is 4.99. The van der Waals surface area contributed by atoms with Gasteiger partial charge in [0.05, 0.1) is 6.54 Å². The van der Waals surface area contributed by atoms with Gasteiger partial charge >= 0.3 is 51.4 Å². The zero-order valence-corrected chi connectivity index (χ0v) is 25.3. The molecule has 10 heteroatoms. The number of nitrogens with two attached hydrogens (primary N) is 1. The SMILES string of the molecule is CN=C(N)c1csc(CNC(=O)C2CCC(C)N2C(=O)C[N-]c2ccc(Oc3ccccc3)cc2)c1.[K+]. The van der Waals surface area contributed by atoms with E-state index in [4.69, 9.17) is 10.5 Å². The Balaban J connectivity index is 0.00000380. The van der Waals surface area contributed by atoms with Crippen LogP contribution in [0.2, 0.25) is 0 Å². The number of hydrogen-bond donors (Lipinski definition) is 2. The average Bonchev–Trinajstić information content (AvgIpc) is 3.54. The molecule has 2 atom stereocenters. The van der Waals surface area contributed by atoms with Crippen LogP contribution in [0.3, 0.4) is 0 Å². The first kappa shape index (κ1) is 29.3. The molecule has 3 N–H and O–H groups in total. The molecular weight excluding hydrogens is 513 g/mol. The van der Waals surface area contributed by atoms with Gasteiger partial charge in [-0.1, -0.05) is 30.3 Å². The zero-order valence-electron chi connectivity index (χ0n) is 21.4. The van der Waals surface area contributed by atoms with Gasteiger partial charge in [0, 0.05) is 28.9 Å². The predicted molar refractivity (Wildman–Crippen MR) is 143 cm³/mol. The maximum atomic E-state index is 13.0. The number of benzene rings is 2. The summed E-state index contributed by atoms with van der Waals surface area (Å²) in [5.41, 5.74) is 7.38. The number of amides is 2. The van der Waals surface area contributed by atoms with Crippen LogP contribution < -0.4 is 67.2 Å². The first-order valence-electron chi connectivity index (χ1n) is 11.8. The molecule has 1 aliphatic rings. The molecule has 0 saturated carbocycles. The van der Waals surface area contributed by atoms with E-state index in [9.17, 15) is 9.59 Å². The standard InChI is InChI=1S/C27H30N5O3S.K/c1-18-8-13-24(27(34)31-15-23-14-19(17-36-23)26(28)29-2)32(18)25(33)16-30-20-9-11-22(12-10-20)35-21-6-4-3-5-7-21;/h3-7,9-12,14,17-18,24H,8,13,15-16H2,1-2H3,(H2,28,29)(H,31,34);/q-1;+1. The van der Waals surface area contributed by atoms with Crippen LogP contribution in [-0.4, -0.2) is 48.2 Å². The summed E-state index contributed by atoms with van der Waals surface area (Å²) in [7, 11) is 1.64. The summed E-state index contributed by atoms with van der Waals surface area (Å²) in [4.78, 5) is 32.6. The first-order chi connectivity index (χ1) is 17.4. The van der Waals surface area contributed by atoms with Crippen molar-refractivity contribution in [3.63, 3.8) is 0 Å². The van der Waals surface area contributed by atoms with Crippen molar-refractivity contribution in [1.29, 1.82) is 0 Å². The molecule has 1 saturated heterocycles. The number of hydrogen-bond acceptors (Lipinski definition) is 5. The van der Waals surface area contributed by atoms with Crippen molar-refractivity contribution < 1.29 is 65.7 Å². The molecule has 2 unspecified atom stereocenters. The third-order valence-corrected chi connectivity index (χ3v) is 7.04.